The van der Waals surface area contributed by atoms with Crippen molar-refractivity contribution in [1.82, 2.24) is 0 Å². The highest BCUT2D eigenvalue weighted by atomic mass is 16.3. The van der Waals surface area contributed by atoms with Gasteiger partial charge in [-0.3, -0.25) is 0 Å². The van der Waals surface area contributed by atoms with Gasteiger partial charge in [-0.2, -0.15) is 0 Å². The fraction of sp³-hybridized carbons (Fsp3) is 0.833. The van der Waals surface area contributed by atoms with E-state index >= 15 is 0 Å². The molecule has 2 N–H and O–H groups in total. The molecule has 1 aliphatic rings. The Hall–Kier alpha value is -0.500. The Morgan fingerprint density at radius 2 is 1.93 bits per heavy atom. The zero-order chi connectivity index (χ0) is 10.4. The lowest BCUT2D eigenvalue weighted by molar-refractivity contribution is 0.247. The summed E-state index contributed by atoms with van der Waals surface area (Å²) >= 11 is 0. The lowest BCUT2D eigenvalue weighted by atomic mass is 9.77. The molecule has 0 amide bonds. The van der Waals surface area contributed by atoms with Crippen LogP contribution in [0.15, 0.2) is 11.8 Å². The molecule has 0 aliphatic heterocycles. The maximum Gasteiger partial charge on any atom is 0.0809 e. The third-order valence-corrected chi connectivity index (χ3v) is 3.42. The summed E-state index contributed by atoms with van der Waals surface area (Å²) in [7, 11) is 0. The van der Waals surface area contributed by atoms with Gasteiger partial charge in [0.25, 0.3) is 0 Å². The molecule has 1 fully saturated rings. The van der Waals surface area contributed by atoms with E-state index in [1.165, 1.54) is 25.7 Å². The molecule has 0 aromatic rings. The van der Waals surface area contributed by atoms with Gasteiger partial charge in [-0.15, -0.1) is 0 Å². The molecular weight excluding hydrogens is 176 g/mol. The lowest BCUT2D eigenvalue weighted by Crippen LogP contribution is -2.17. The number of hydrogen-bond donors (Lipinski definition) is 2. The Morgan fingerprint density at radius 1 is 1.29 bits per heavy atom. The predicted octanol–water partition coefficient (Wildman–Crippen LogP) is 3.03. The van der Waals surface area contributed by atoms with Crippen LogP contribution in [0.1, 0.15) is 45.4 Å². The van der Waals surface area contributed by atoms with Gasteiger partial charge in [-0.1, -0.05) is 19.8 Å². The molecule has 0 unspecified atom stereocenters. The van der Waals surface area contributed by atoms with Crippen molar-refractivity contribution < 1.29 is 10.2 Å². The summed E-state index contributed by atoms with van der Waals surface area (Å²) < 4.78 is 0. The molecule has 2 nitrogen and oxygen atoms in total. The Balaban J connectivity index is 2.35. The van der Waals surface area contributed by atoms with Crippen LogP contribution in [0.3, 0.4) is 0 Å². The molecule has 2 heteroatoms. The molecular formula is C12H22O2. The minimum Gasteiger partial charge on any atom is -0.516 e. The van der Waals surface area contributed by atoms with E-state index in [1.54, 1.807) is 0 Å². The van der Waals surface area contributed by atoms with Gasteiger partial charge in [0.2, 0.25) is 0 Å². The first-order chi connectivity index (χ1) is 6.81. The van der Waals surface area contributed by atoms with E-state index in [0.29, 0.717) is 5.92 Å². The van der Waals surface area contributed by atoms with Crippen molar-refractivity contribution in [2.24, 2.45) is 11.8 Å². The van der Waals surface area contributed by atoms with Crippen molar-refractivity contribution in [3.63, 3.8) is 0 Å². The monoisotopic (exact) mass is 198 g/mol. The molecule has 1 saturated carbocycles. The molecule has 0 aromatic heterocycles. The molecule has 14 heavy (non-hydrogen) atoms. The predicted molar refractivity (Wildman–Crippen MR) is 58.2 cm³/mol. The van der Waals surface area contributed by atoms with Crippen LogP contribution in [0, 0.1) is 11.8 Å². The van der Waals surface area contributed by atoms with Gasteiger partial charge in [0.15, 0.2) is 0 Å². The Kier molecular flexibility index (Phi) is 5.02. The second-order valence-electron chi connectivity index (χ2n) is 4.37. The van der Waals surface area contributed by atoms with Crippen molar-refractivity contribution in [2.45, 2.75) is 45.4 Å². The van der Waals surface area contributed by atoms with E-state index in [9.17, 15) is 0 Å². The number of hydrogen-bond acceptors (Lipinski definition) is 2. The van der Waals surface area contributed by atoms with Crippen LogP contribution >= 0.6 is 0 Å². The van der Waals surface area contributed by atoms with Gasteiger partial charge in [0, 0.05) is 0 Å². The molecule has 0 radical (unpaired) electrons. The molecule has 1 rings (SSSR count). The maximum atomic E-state index is 9.02. The summed E-state index contributed by atoms with van der Waals surface area (Å²) in [5, 5.41) is 17.9. The molecule has 0 spiro atoms. The first kappa shape index (κ1) is 11.6. The van der Waals surface area contributed by atoms with E-state index in [0.717, 1.165) is 30.6 Å². The summed E-state index contributed by atoms with van der Waals surface area (Å²) in [4.78, 5) is 0. The van der Waals surface area contributed by atoms with Gasteiger partial charge >= 0.3 is 0 Å². The molecule has 0 aromatic carbocycles. The summed E-state index contributed by atoms with van der Waals surface area (Å²) in [5.74, 6) is 1.31. The summed E-state index contributed by atoms with van der Waals surface area (Å²) in [6, 6.07) is 0. The van der Waals surface area contributed by atoms with Crippen LogP contribution in [0.4, 0.5) is 0 Å². The van der Waals surface area contributed by atoms with Crippen LogP contribution < -0.4 is 0 Å². The first-order valence-electron chi connectivity index (χ1n) is 5.75. The van der Waals surface area contributed by atoms with Crippen LogP contribution in [0.2, 0.25) is 0 Å². The number of rotatable bonds is 4. The van der Waals surface area contributed by atoms with Crippen LogP contribution in [0.25, 0.3) is 0 Å². The third kappa shape index (κ3) is 3.02. The average Bonchev–Trinajstić information content (AvgIpc) is 2.23. The van der Waals surface area contributed by atoms with Crippen LogP contribution in [-0.4, -0.2) is 16.8 Å². The van der Waals surface area contributed by atoms with Crippen molar-refractivity contribution in [1.29, 1.82) is 0 Å². The Morgan fingerprint density at radius 3 is 2.36 bits per heavy atom. The van der Waals surface area contributed by atoms with Crippen molar-refractivity contribution in [2.75, 3.05) is 6.61 Å². The molecule has 0 saturated heterocycles. The van der Waals surface area contributed by atoms with Crippen molar-refractivity contribution >= 4 is 0 Å². The second kappa shape index (κ2) is 6.07. The highest BCUT2D eigenvalue weighted by molar-refractivity contribution is 5.04. The molecule has 0 atom stereocenters. The topological polar surface area (TPSA) is 40.5 Å². The van der Waals surface area contributed by atoms with Crippen LogP contribution in [0.5, 0.6) is 0 Å². The standard InChI is InChI=1S/C12H22O2/c1-2-3-10-4-6-11(7-5-10)12(8-13)9-14/h8,10-11,13-14H,2-7,9H2,1H3. The highest BCUT2D eigenvalue weighted by Gasteiger charge is 2.22. The first-order valence-corrected chi connectivity index (χ1v) is 5.75. The molecule has 0 bridgehead atoms. The van der Waals surface area contributed by atoms with E-state index in [2.05, 4.69) is 6.92 Å². The zero-order valence-corrected chi connectivity index (χ0v) is 9.08. The van der Waals surface area contributed by atoms with E-state index in [1.807, 2.05) is 0 Å². The summed E-state index contributed by atoms with van der Waals surface area (Å²) in [5.41, 5.74) is 0.819. The molecule has 0 heterocycles. The van der Waals surface area contributed by atoms with E-state index < -0.39 is 0 Å². The minimum absolute atomic E-state index is 0.0135. The largest absolute Gasteiger partial charge is 0.516 e. The molecule has 1 aliphatic carbocycles. The highest BCUT2D eigenvalue weighted by Crippen LogP contribution is 2.34. The second-order valence-corrected chi connectivity index (χ2v) is 4.37. The zero-order valence-electron chi connectivity index (χ0n) is 9.08. The van der Waals surface area contributed by atoms with Gasteiger partial charge < -0.3 is 10.2 Å². The summed E-state index contributed by atoms with van der Waals surface area (Å²) in [6.07, 6.45) is 8.51. The summed E-state index contributed by atoms with van der Waals surface area (Å²) in [6.45, 7) is 2.25. The minimum atomic E-state index is 0.0135. The number of aliphatic hydroxyl groups excluding tert-OH is 2. The SMILES string of the molecule is CCCC1CCC(C(=CO)CO)CC1. The van der Waals surface area contributed by atoms with Gasteiger partial charge in [-0.25, -0.2) is 0 Å². The Bertz CT molecular complexity index is 179. The molecule has 82 valence electrons. The quantitative estimate of drug-likeness (QED) is 0.682. The normalized spacial score (nSPS) is 29.1. The third-order valence-electron chi connectivity index (χ3n) is 3.42. The fourth-order valence-corrected chi connectivity index (χ4v) is 2.51. The van der Waals surface area contributed by atoms with E-state index in [-0.39, 0.29) is 6.61 Å². The lowest BCUT2D eigenvalue weighted by Gasteiger charge is -2.29. The van der Waals surface area contributed by atoms with Crippen molar-refractivity contribution in [3.8, 4) is 0 Å². The van der Waals surface area contributed by atoms with E-state index in [4.69, 9.17) is 10.2 Å². The van der Waals surface area contributed by atoms with Crippen molar-refractivity contribution in [3.05, 3.63) is 11.8 Å². The average molecular weight is 198 g/mol. The van der Waals surface area contributed by atoms with Gasteiger partial charge in [0.1, 0.15) is 0 Å². The van der Waals surface area contributed by atoms with Gasteiger partial charge in [0.05, 0.1) is 12.9 Å². The smallest absolute Gasteiger partial charge is 0.0809 e. The van der Waals surface area contributed by atoms with Crippen LogP contribution in [-0.2, 0) is 0 Å². The van der Waals surface area contributed by atoms with Gasteiger partial charge in [-0.05, 0) is 43.1 Å². The maximum absolute atomic E-state index is 9.02. The number of aliphatic hydroxyl groups is 2. The fourth-order valence-electron chi connectivity index (χ4n) is 2.51. The Labute approximate surface area is 86.6 Å².